The van der Waals surface area contributed by atoms with E-state index in [1.807, 2.05) is 102 Å². The summed E-state index contributed by atoms with van der Waals surface area (Å²) in [4.78, 5) is 11.9. The van der Waals surface area contributed by atoms with Gasteiger partial charge >= 0.3 is 5.97 Å². The van der Waals surface area contributed by atoms with Gasteiger partial charge in [-0.2, -0.15) is 0 Å². The van der Waals surface area contributed by atoms with E-state index in [-0.39, 0.29) is 78.8 Å². The van der Waals surface area contributed by atoms with E-state index in [9.17, 15) is 4.79 Å². The number of ether oxygens (including phenoxy) is 1. The van der Waals surface area contributed by atoms with Crippen LogP contribution in [0.25, 0.3) is 5.57 Å². The first kappa shape index (κ1) is 35.3. The number of rotatable bonds is 2. The normalized spacial score (nSPS) is 10.4. The SMILES string of the molecule is CC.CC.CC.O=C1OCCC1=C(c1ccccc1)c1ccccc1.[CH3-].[Y].[Y]. The maximum absolute atomic E-state index is 11.9. The quantitative estimate of drug-likeness (QED) is 0.237. The first-order valence-corrected chi connectivity index (χ1v) is 9.37. The average Bonchev–Trinajstić information content (AvgIpc) is 3.14. The minimum absolute atomic E-state index is 0. The molecular formula is C24H35O2Y2-. The summed E-state index contributed by atoms with van der Waals surface area (Å²) in [5, 5.41) is 0. The van der Waals surface area contributed by atoms with Crippen molar-refractivity contribution < 1.29 is 74.9 Å². The number of hydrogen-bond donors (Lipinski definition) is 0. The Labute approximate surface area is 223 Å². The van der Waals surface area contributed by atoms with Crippen molar-refractivity contribution in [1.29, 1.82) is 0 Å². The van der Waals surface area contributed by atoms with Crippen LogP contribution in [0.4, 0.5) is 0 Å². The first-order chi connectivity index (χ1) is 12.4. The summed E-state index contributed by atoms with van der Waals surface area (Å²) in [7, 11) is 0. The third-order valence-corrected chi connectivity index (χ3v) is 3.26. The minimum Gasteiger partial charge on any atom is -0.462 e. The van der Waals surface area contributed by atoms with Gasteiger partial charge in [-0.05, 0) is 16.7 Å². The monoisotopic (exact) mass is 533 g/mol. The number of esters is 1. The van der Waals surface area contributed by atoms with Crippen LogP contribution in [-0.2, 0) is 74.9 Å². The van der Waals surface area contributed by atoms with Crippen LogP contribution in [-0.4, -0.2) is 12.6 Å². The molecule has 3 rings (SSSR count). The summed E-state index contributed by atoms with van der Waals surface area (Å²) in [6.45, 7) is 12.5. The van der Waals surface area contributed by atoms with Gasteiger partial charge in [-0.15, -0.1) is 0 Å². The fourth-order valence-electron chi connectivity index (χ4n) is 2.39. The molecule has 1 heterocycles. The van der Waals surface area contributed by atoms with Crippen molar-refractivity contribution in [2.45, 2.75) is 48.0 Å². The van der Waals surface area contributed by atoms with Crippen LogP contribution in [0.1, 0.15) is 59.1 Å². The molecule has 2 aromatic carbocycles. The summed E-state index contributed by atoms with van der Waals surface area (Å²) >= 11 is 0. The van der Waals surface area contributed by atoms with Crippen LogP contribution in [0.5, 0.6) is 0 Å². The molecule has 1 fully saturated rings. The molecule has 2 nitrogen and oxygen atoms in total. The Kier molecular flexibility index (Phi) is 29.2. The van der Waals surface area contributed by atoms with E-state index in [0.717, 1.165) is 22.3 Å². The Hall–Kier alpha value is -0.142. The molecule has 0 saturated carbocycles. The molecule has 2 radical (unpaired) electrons. The standard InChI is InChI=1S/C17H14O2.3C2H6.CH3.2Y/c18-17-15(11-12-19-17)16(13-7-3-1-4-8-13)14-9-5-2-6-10-14;3*1-2;;;/h1-10H,11-12H2;3*1-2H3;1H3;;/q;;;;-1;;. The van der Waals surface area contributed by atoms with Gasteiger partial charge in [0.05, 0.1) is 6.61 Å². The molecule has 2 aromatic rings. The molecule has 0 N–H and O–H groups in total. The Morgan fingerprint density at radius 3 is 1.36 bits per heavy atom. The Balaban J connectivity index is -0.000000294. The molecule has 1 aliphatic heterocycles. The minimum atomic E-state index is -0.192. The number of benzene rings is 2. The van der Waals surface area contributed by atoms with Crippen molar-refractivity contribution in [2.75, 3.05) is 6.61 Å². The summed E-state index contributed by atoms with van der Waals surface area (Å²) in [6, 6.07) is 20.0. The molecule has 0 aliphatic carbocycles. The summed E-state index contributed by atoms with van der Waals surface area (Å²) in [5.41, 5.74) is 3.88. The van der Waals surface area contributed by atoms with Crippen molar-refractivity contribution in [1.82, 2.24) is 0 Å². The molecule has 0 aromatic heterocycles. The van der Waals surface area contributed by atoms with Crippen LogP contribution in [0.3, 0.4) is 0 Å². The topological polar surface area (TPSA) is 26.3 Å². The zero-order valence-corrected chi connectivity index (χ0v) is 24.3. The largest absolute Gasteiger partial charge is 0.462 e. The second-order valence-corrected chi connectivity index (χ2v) is 4.47. The Morgan fingerprint density at radius 1 is 0.714 bits per heavy atom. The van der Waals surface area contributed by atoms with Crippen molar-refractivity contribution >= 4 is 11.5 Å². The summed E-state index contributed by atoms with van der Waals surface area (Å²) < 4.78 is 5.09. The first-order valence-electron chi connectivity index (χ1n) is 9.37. The van der Waals surface area contributed by atoms with Crippen molar-refractivity contribution in [3.8, 4) is 0 Å². The molecule has 0 bridgehead atoms. The van der Waals surface area contributed by atoms with Gasteiger partial charge in [0.1, 0.15) is 0 Å². The van der Waals surface area contributed by atoms with Crippen LogP contribution in [0, 0.1) is 7.43 Å². The van der Waals surface area contributed by atoms with E-state index in [0.29, 0.717) is 13.0 Å². The van der Waals surface area contributed by atoms with Crippen molar-refractivity contribution in [2.24, 2.45) is 0 Å². The molecular weight excluding hydrogens is 498 g/mol. The van der Waals surface area contributed by atoms with Crippen LogP contribution < -0.4 is 0 Å². The molecule has 28 heavy (non-hydrogen) atoms. The van der Waals surface area contributed by atoms with Gasteiger partial charge in [0.25, 0.3) is 0 Å². The molecule has 0 amide bonds. The fourth-order valence-corrected chi connectivity index (χ4v) is 2.39. The smallest absolute Gasteiger partial charge is 0.334 e. The number of hydrogen-bond acceptors (Lipinski definition) is 2. The molecule has 0 spiro atoms. The second kappa shape index (κ2) is 23.1. The van der Waals surface area contributed by atoms with E-state index >= 15 is 0 Å². The van der Waals surface area contributed by atoms with E-state index < -0.39 is 0 Å². The predicted octanol–water partition coefficient (Wildman–Crippen LogP) is 6.96. The predicted molar refractivity (Wildman–Crippen MR) is 115 cm³/mol. The average molecular weight is 533 g/mol. The van der Waals surface area contributed by atoms with Gasteiger partial charge in [-0.3, -0.25) is 0 Å². The van der Waals surface area contributed by atoms with Gasteiger partial charge in [0.2, 0.25) is 0 Å². The van der Waals surface area contributed by atoms with Gasteiger partial charge in [-0.25, -0.2) is 4.79 Å². The van der Waals surface area contributed by atoms with Crippen LogP contribution in [0.15, 0.2) is 66.2 Å². The molecule has 1 aliphatic rings. The van der Waals surface area contributed by atoms with Gasteiger partial charge in [-0.1, -0.05) is 102 Å². The van der Waals surface area contributed by atoms with Crippen molar-refractivity contribution in [3.63, 3.8) is 0 Å². The maximum atomic E-state index is 11.9. The van der Waals surface area contributed by atoms with E-state index in [2.05, 4.69) is 0 Å². The van der Waals surface area contributed by atoms with Gasteiger partial charge in [0.15, 0.2) is 0 Å². The number of carbonyl (C=O) groups excluding carboxylic acids is 1. The number of cyclic esters (lactones) is 1. The summed E-state index contributed by atoms with van der Waals surface area (Å²) in [6.07, 6.45) is 0.679. The third-order valence-electron chi connectivity index (χ3n) is 3.26. The van der Waals surface area contributed by atoms with Crippen molar-refractivity contribution in [3.05, 3.63) is 84.8 Å². The zero-order chi connectivity index (χ0) is 19.1. The van der Waals surface area contributed by atoms with Gasteiger partial charge < -0.3 is 12.2 Å². The third kappa shape index (κ3) is 11.1. The Morgan fingerprint density at radius 2 is 1.07 bits per heavy atom. The zero-order valence-electron chi connectivity index (χ0n) is 18.7. The van der Waals surface area contributed by atoms with Crippen LogP contribution in [0.2, 0.25) is 0 Å². The fraction of sp³-hybridized carbons (Fsp3) is 0.333. The molecule has 0 unspecified atom stereocenters. The molecule has 150 valence electrons. The van der Waals surface area contributed by atoms with Gasteiger partial charge in [0, 0.05) is 77.4 Å². The Bertz CT molecular complexity index is 582. The summed E-state index contributed by atoms with van der Waals surface area (Å²) in [5.74, 6) is -0.192. The molecule has 4 heteroatoms. The molecule has 1 saturated heterocycles. The maximum Gasteiger partial charge on any atom is 0.334 e. The van der Waals surface area contributed by atoms with E-state index in [1.54, 1.807) is 0 Å². The van der Waals surface area contributed by atoms with E-state index in [4.69, 9.17) is 4.74 Å². The second-order valence-electron chi connectivity index (χ2n) is 4.47. The van der Waals surface area contributed by atoms with Crippen LogP contribution >= 0.6 is 0 Å². The number of carbonyl (C=O) groups is 1. The van der Waals surface area contributed by atoms with E-state index in [1.165, 1.54) is 0 Å². The molecule has 0 atom stereocenters.